The average Bonchev–Trinajstić information content (AvgIpc) is 3.41. The second kappa shape index (κ2) is 70.6. The van der Waals surface area contributed by atoms with Gasteiger partial charge in [-0.1, -0.05) is 256 Å². The van der Waals surface area contributed by atoms with E-state index in [1.54, 1.807) is 0 Å². The molecule has 0 aromatic carbocycles. The third kappa shape index (κ3) is 72.4. The zero-order valence-corrected chi connectivity index (χ0v) is 54.1. The molecule has 0 aliphatic heterocycles. The fraction of sp³-hybridized carbons (Fsp3) is 0.783. The molecule has 0 saturated carbocycles. The Kier molecular flexibility index (Phi) is 75.2. The van der Waals surface area contributed by atoms with Gasteiger partial charge in [-0.2, -0.15) is 0 Å². The van der Waals surface area contributed by atoms with Crippen molar-refractivity contribution in [1.29, 1.82) is 0 Å². The van der Waals surface area contributed by atoms with E-state index in [0.717, 1.165) is 63.9 Å². The summed E-state index contributed by atoms with van der Waals surface area (Å²) in [5.74, 6) is -8.22. The van der Waals surface area contributed by atoms with Gasteiger partial charge in [0.2, 0.25) is 0 Å². The largest absolute Gasteiger partial charge is 3.00 e. The van der Waals surface area contributed by atoms with Crippen LogP contribution in [0.4, 0.5) is 0 Å². The summed E-state index contributed by atoms with van der Waals surface area (Å²) in [6, 6.07) is 0. The number of hydrogen-bond donors (Lipinski definition) is 1. The van der Waals surface area contributed by atoms with Crippen LogP contribution in [0.1, 0.15) is 330 Å². The van der Waals surface area contributed by atoms with Crippen molar-refractivity contribution in [3.63, 3.8) is 0 Å². The minimum absolute atomic E-state index is 0. The molecule has 0 spiro atoms. The van der Waals surface area contributed by atoms with Gasteiger partial charge in [-0.3, -0.25) is 14.4 Å². The first-order valence-electron chi connectivity index (χ1n) is 32.5. The van der Waals surface area contributed by atoms with E-state index in [1.165, 1.54) is 233 Å². The molecule has 81 heavy (non-hydrogen) atoms. The first-order chi connectivity index (χ1) is 38.5. The monoisotopic (exact) mass is 1150 g/mol. The van der Waals surface area contributed by atoms with Gasteiger partial charge in [-0.05, 0) is 117 Å². The molecule has 0 bridgehead atoms. The number of carboxylic acids is 4. The summed E-state index contributed by atoms with van der Waals surface area (Å²) in [4.78, 5) is 75.1. The van der Waals surface area contributed by atoms with E-state index in [4.69, 9.17) is 5.11 Å². The molecule has 0 saturated heterocycles. The minimum atomic E-state index is -1.22. The number of ketones is 3. The Hall–Kier alpha value is -3.62. The molecule has 0 heterocycles. The van der Waals surface area contributed by atoms with E-state index in [9.17, 15) is 48.9 Å². The SMILES string of the molecule is C=CC(=O)O.CCCCCCCC/C=C\CCCCCCCCC(C(C)=O)C(=O)[O-].CCCCCCCC/C=C\CCCCCCCCC(C(C)=O)C(=O)[O-].CCCCCCCC/C=C\CCCCCCCCC(C(C)=O)C(=O)[O-].[Al+3]. The summed E-state index contributed by atoms with van der Waals surface area (Å²) in [6.07, 6.45) is 67.6. The van der Waals surface area contributed by atoms with Crippen molar-refractivity contribution in [3.8, 4) is 0 Å². The third-order valence-corrected chi connectivity index (χ3v) is 14.5. The molecule has 466 valence electrons. The van der Waals surface area contributed by atoms with E-state index < -0.39 is 41.6 Å². The number of rotatable bonds is 55. The summed E-state index contributed by atoms with van der Waals surface area (Å²) < 4.78 is 0. The second-order valence-electron chi connectivity index (χ2n) is 22.2. The minimum Gasteiger partial charge on any atom is -0.549 e. The Morgan fingerprint density at radius 2 is 0.469 bits per heavy atom. The molecule has 0 aliphatic rings. The molecule has 12 heteroatoms. The molecule has 3 atom stereocenters. The van der Waals surface area contributed by atoms with E-state index in [-0.39, 0.29) is 34.7 Å². The summed E-state index contributed by atoms with van der Waals surface area (Å²) in [6.45, 7) is 13.7. The van der Waals surface area contributed by atoms with Crippen LogP contribution < -0.4 is 15.3 Å². The number of Topliss-reactive ketones (excluding diaryl/α,β-unsaturated/α-hetero) is 3. The van der Waals surface area contributed by atoms with E-state index in [1.807, 2.05) is 0 Å². The van der Waals surface area contributed by atoms with Gasteiger partial charge in [-0.25, -0.2) is 4.79 Å². The standard InChI is InChI=1S/3C22H40O3.C3H4O2.Al/c3*1-3-4-5-6-7-8-9-10-11-12-13-14-15-16-17-18-19-21(20(2)23)22(24)25;1-2-3(4)5;/h3*10-11,21H,3-9,12-19H2,1-2H3,(H,24,25);2H,1H2,(H,4,5);/q;;;;+3/p-3/b3*11-10-;;. The summed E-state index contributed by atoms with van der Waals surface area (Å²) in [7, 11) is 0. The molecule has 1 N–H and O–H groups in total. The maximum atomic E-state index is 11.1. The Balaban J connectivity index is -0.000000339. The third-order valence-electron chi connectivity index (χ3n) is 14.5. The predicted molar refractivity (Wildman–Crippen MR) is 333 cm³/mol. The molecule has 0 aromatic rings. The Morgan fingerprint density at radius 3 is 0.605 bits per heavy atom. The Morgan fingerprint density at radius 1 is 0.321 bits per heavy atom. The van der Waals surface area contributed by atoms with Crippen molar-refractivity contribution in [3.05, 3.63) is 49.1 Å². The van der Waals surface area contributed by atoms with Gasteiger partial charge >= 0.3 is 23.3 Å². The Bertz CT molecular complexity index is 1360. The van der Waals surface area contributed by atoms with Crippen LogP contribution in [0.15, 0.2) is 49.1 Å². The van der Waals surface area contributed by atoms with Gasteiger partial charge in [0.05, 0.1) is 35.7 Å². The maximum absolute atomic E-state index is 11.1. The number of aliphatic carboxylic acids is 4. The number of carbonyl (C=O) groups is 7. The summed E-state index contributed by atoms with van der Waals surface area (Å²) in [5.41, 5.74) is 0. The van der Waals surface area contributed by atoms with E-state index in [0.29, 0.717) is 19.3 Å². The zero-order valence-electron chi connectivity index (χ0n) is 52.9. The maximum Gasteiger partial charge on any atom is 3.00 e. The van der Waals surface area contributed by atoms with Crippen molar-refractivity contribution in [1.82, 2.24) is 0 Å². The first-order valence-corrected chi connectivity index (χ1v) is 32.5. The van der Waals surface area contributed by atoms with E-state index in [2.05, 4.69) is 63.8 Å². The number of hydrogen-bond acceptors (Lipinski definition) is 10. The normalized spacial score (nSPS) is 12.0. The van der Waals surface area contributed by atoms with Crippen molar-refractivity contribution in [2.75, 3.05) is 0 Å². The summed E-state index contributed by atoms with van der Waals surface area (Å²) in [5, 5.41) is 40.0. The van der Waals surface area contributed by atoms with Gasteiger partial charge in [0.15, 0.2) is 0 Å². The predicted octanol–water partition coefficient (Wildman–Crippen LogP) is 16.0. The fourth-order valence-electron chi connectivity index (χ4n) is 9.25. The van der Waals surface area contributed by atoms with Crippen LogP contribution in [0.25, 0.3) is 0 Å². The van der Waals surface area contributed by atoms with Gasteiger partial charge in [-0.15, -0.1) is 0 Å². The van der Waals surface area contributed by atoms with Crippen LogP contribution in [0.5, 0.6) is 0 Å². The molecule has 3 unspecified atom stereocenters. The molecular formula is C69H121AlO11. The second-order valence-corrected chi connectivity index (χ2v) is 22.2. The molecule has 0 radical (unpaired) electrons. The fourth-order valence-corrected chi connectivity index (χ4v) is 9.25. The first kappa shape index (κ1) is 86.2. The van der Waals surface area contributed by atoms with Crippen molar-refractivity contribution < 1.29 is 54.0 Å². The molecule has 11 nitrogen and oxygen atoms in total. The van der Waals surface area contributed by atoms with Crippen molar-refractivity contribution in [2.24, 2.45) is 17.8 Å². The zero-order chi connectivity index (χ0) is 60.5. The van der Waals surface area contributed by atoms with Crippen molar-refractivity contribution in [2.45, 2.75) is 330 Å². The van der Waals surface area contributed by atoms with E-state index >= 15 is 0 Å². The number of unbranched alkanes of at least 4 members (excludes halogenated alkanes) is 36. The molecule has 0 aliphatic carbocycles. The van der Waals surface area contributed by atoms with Crippen LogP contribution in [0.2, 0.25) is 0 Å². The molecule has 0 aromatic heterocycles. The summed E-state index contributed by atoms with van der Waals surface area (Å²) >= 11 is 0. The van der Waals surface area contributed by atoms with Crippen LogP contribution >= 0.6 is 0 Å². The molecular weight excluding hydrogens is 1030 g/mol. The van der Waals surface area contributed by atoms with Gasteiger partial charge in [0.1, 0.15) is 17.3 Å². The van der Waals surface area contributed by atoms with Crippen LogP contribution in [0, 0.1) is 17.8 Å². The van der Waals surface area contributed by atoms with Crippen LogP contribution in [-0.2, 0) is 33.6 Å². The van der Waals surface area contributed by atoms with Gasteiger partial charge < -0.3 is 34.8 Å². The number of allylic oxidation sites excluding steroid dienone is 6. The van der Waals surface area contributed by atoms with Crippen LogP contribution in [0.3, 0.4) is 0 Å². The smallest absolute Gasteiger partial charge is 0.549 e. The molecule has 0 rings (SSSR count). The number of carbonyl (C=O) groups excluding carboxylic acids is 6. The van der Waals surface area contributed by atoms with Crippen molar-refractivity contribution >= 4 is 58.6 Å². The number of carboxylic acid groups (broad SMARTS) is 4. The quantitative estimate of drug-likeness (QED) is 0.0199. The average molecular weight is 1150 g/mol. The molecule has 0 fully saturated rings. The van der Waals surface area contributed by atoms with Gasteiger partial charge in [0.25, 0.3) is 0 Å². The topological polar surface area (TPSA) is 209 Å². The Labute approximate surface area is 507 Å². The molecule has 0 amide bonds. The van der Waals surface area contributed by atoms with Gasteiger partial charge in [0, 0.05) is 6.08 Å². The van der Waals surface area contributed by atoms with Crippen LogP contribution in [-0.4, -0.2) is 63.7 Å².